The van der Waals surface area contributed by atoms with E-state index in [0.29, 0.717) is 6.04 Å². The Morgan fingerprint density at radius 2 is 2.33 bits per heavy atom. The number of benzene rings is 1. The van der Waals surface area contributed by atoms with Gasteiger partial charge in [0.15, 0.2) is 0 Å². The molecule has 2 N–H and O–H groups in total. The minimum atomic E-state index is 0.593. The maximum Gasteiger partial charge on any atom is 0.0504 e. The Labute approximate surface area is 95.8 Å². The molecule has 1 aromatic rings. The molecule has 0 spiro atoms. The van der Waals surface area contributed by atoms with Gasteiger partial charge in [-0.2, -0.15) is 0 Å². The first-order valence-corrected chi connectivity index (χ1v) is 6.37. The largest absolute Gasteiger partial charge is 0.370 e. The molecule has 1 aromatic carbocycles. The summed E-state index contributed by atoms with van der Waals surface area (Å²) in [5.74, 6) is 1.16. The quantitative estimate of drug-likeness (QED) is 0.832. The number of anilines is 1. The van der Waals surface area contributed by atoms with Gasteiger partial charge >= 0.3 is 0 Å². The van der Waals surface area contributed by atoms with Crippen molar-refractivity contribution in [3.63, 3.8) is 0 Å². The average molecular weight is 222 g/mol. The first-order chi connectivity index (χ1) is 7.22. The van der Waals surface area contributed by atoms with Crippen molar-refractivity contribution in [3.8, 4) is 0 Å². The van der Waals surface area contributed by atoms with Gasteiger partial charge in [-0.25, -0.2) is 0 Å². The van der Waals surface area contributed by atoms with Gasteiger partial charge in [-0.15, -0.1) is 11.8 Å². The summed E-state index contributed by atoms with van der Waals surface area (Å²) in [6, 6.07) is 7.27. The predicted octanol–water partition coefficient (Wildman–Crippen LogP) is 2.25. The van der Waals surface area contributed by atoms with E-state index in [9.17, 15) is 0 Å². The van der Waals surface area contributed by atoms with E-state index in [-0.39, 0.29) is 0 Å². The zero-order valence-corrected chi connectivity index (χ0v) is 10.2. The lowest BCUT2D eigenvalue weighted by Gasteiger charge is -2.35. The highest BCUT2D eigenvalue weighted by Crippen LogP contribution is 2.37. The van der Waals surface area contributed by atoms with E-state index >= 15 is 0 Å². The van der Waals surface area contributed by atoms with E-state index in [1.54, 1.807) is 0 Å². The van der Waals surface area contributed by atoms with Gasteiger partial charge in [-0.3, -0.25) is 0 Å². The van der Waals surface area contributed by atoms with Gasteiger partial charge in [-0.1, -0.05) is 6.07 Å². The molecule has 2 rings (SSSR count). The summed E-state index contributed by atoms with van der Waals surface area (Å²) >= 11 is 1.96. The molecule has 82 valence electrons. The molecule has 1 atom stereocenters. The zero-order chi connectivity index (χ0) is 10.8. The summed E-state index contributed by atoms with van der Waals surface area (Å²) in [5.41, 5.74) is 8.33. The molecular weight excluding hydrogens is 204 g/mol. The molecule has 0 amide bonds. The van der Waals surface area contributed by atoms with Crippen molar-refractivity contribution in [2.75, 3.05) is 24.2 Å². The van der Waals surface area contributed by atoms with E-state index in [1.165, 1.54) is 16.1 Å². The summed E-state index contributed by atoms with van der Waals surface area (Å²) in [4.78, 5) is 3.78. The highest BCUT2D eigenvalue weighted by Gasteiger charge is 2.22. The summed E-state index contributed by atoms with van der Waals surface area (Å²) in [6.07, 6.45) is 1.08. The molecule has 15 heavy (non-hydrogen) atoms. The van der Waals surface area contributed by atoms with Gasteiger partial charge in [0.25, 0.3) is 0 Å². The van der Waals surface area contributed by atoms with Gasteiger partial charge in [0, 0.05) is 23.7 Å². The van der Waals surface area contributed by atoms with Crippen LogP contribution in [0.5, 0.6) is 0 Å². The van der Waals surface area contributed by atoms with Crippen LogP contribution in [0.1, 0.15) is 12.0 Å². The van der Waals surface area contributed by atoms with Crippen LogP contribution in [-0.4, -0.2) is 25.4 Å². The molecule has 3 heteroatoms. The number of nitrogens with two attached hydrogens (primary N) is 1. The Balaban J connectivity index is 2.26. The Morgan fingerprint density at radius 3 is 3.07 bits per heavy atom. The SMILES string of the molecule is Cc1ccc2c(c1)SCC(CCN)N2C. The van der Waals surface area contributed by atoms with Gasteiger partial charge in [0.1, 0.15) is 0 Å². The molecule has 0 saturated carbocycles. The molecule has 1 aliphatic rings. The number of hydrogen-bond acceptors (Lipinski definition) is 3. The van der Waals surface area contributed by atoms with Gasteiger partial charge < -0.3 is 10.6 Å². The molecule has 0 bridgehead atoms. The molecule has 0 fully saturated rings. The number of thioether (sulfide) groups is 1. The summed E-state index contributed by atoms with van der Waals surface area (Å²) in [7, 11) is 2.17. The molecule has 1 unspecified atom stereocenters. The third-order valence-electron chi connectivity index (χ3n) is 2.97. The second-order valence-corrected chi connectivity index (χ2v) is 5.19. The smallest absolute Gasteiger partial charge is 0.0504 e. The maximum absolute atomic E-state index is 5.63. The topological polar surface area (TPSA) is 29.3 Å². The van der Waals surface area contributed by atoms with E-state index in [1.807, 2.05) is 11.8 Å². The zero-order valence-electron chi connectivity index (χ0n) is 9.36. The Hall–Kier alpha value is -0.670. The van der Waals surface area contributed by atoms with Gasteiger partial charge in [0.2, 0.25) is 0 Å². The molecule has 0 radical (unpaired) electrons. The van der Waals surface area contributed by atoms with Crippen molar-refractivity contribution in [2.24, 2.45) is 5.73 Å². The molecular formula is C12H18N2S. The van der Waals surface area contributed by atoms with Crippen LogP contribution in [0.3, 0.4) is 0 Å². The van der Waals surface area contributed by atoms with Crippen LogP contribution in [0.25, 0.3) is 0 Å². The number of nitrogens with zero attached hydrogens (tertiary/aromatic N) is 1. The molecule has 1 aliphatic heterocycles. The van der Waals surface area contributed by atoms with Crippen LogP contribution in [0.4, 0.5) is 5.69 Å². The van der Waals surface area contributed by atoms with Gasteiger partial charge in [-0.05, 0) is 37.6 Å². The van der Waals surface area contributed by atoms with Crippen LogP contribution in [-0.2, 0) is 0 Å². The highest BCUT2D eigenvalue weighted by atomic mass is 32.2. The van der Waals surface area contributed by atoms with Crippen LogP contribution in [0, 0.1) is 6.92 Å². The Kier molecular flexibility index (Phi) is 3.22. The van der Waals surface area contributed by atoms with Crippen molar-refractivity contribution in [2.45, 2.75) is 24.3 Å². The van der Waals surface area contributed by atoms with Crippen molar-refractivity contribution in [1.82, 2.24) is 0 Å². The molecule has 1 heterocycles. The fourth-order valence-corrected chi connectivity index (χ4v) is 3.38. The fraction of sp³-hybridized carbons (Fsp3) is 0.500. The predicted molar refractivity (Wildman–Crippen MR) is 67.8 cm³/mol. The third kappa shape index (κ3) is 2.13. The molecule has 0 saturated heterocycles. The monoisotopic (exact) mass is 222 g/mol. The van der Waals surface area contributed by atoms with Crippen molar-refractivity contribution < 1.29 is 0 Å². The molecule has 2 nitrogen and oxygen atoms in total. The van der Waals surface area contributed by atoms with Crippen LogP contribution >= 0.6 is 11.8 Å². The van der Waals surface area contributed by atoms with Crippen molar-refractivity contribution >= 4 is 17.4 Å². The van der Waals surface area contributed by atoms with E-state index in [4.69, 9.17) is 5.73 Å². The maximum atomic E-state index is 5.63. The average Bonchev–Trinajstić information content (AvgIpc) is 2.22. The lowest BCUT2D eigenvalue weighted by Crippen LogP contribution is -2.38. The van der Waals surface area contributed by atoms with Crippen LogP contribution < -0.4 is 10.6 Å². The summed E-state index contributed by atoms with van der Waals surface area (Å²) < 4.78 is 0. The molecule has 0 aromatic heterocycles. The Morgan fingerprint density at radius 1 is 1.53 bits per heavy atom. The second-order valence-electron chi connectivity index (χ2n) is 4.12. The van der Waals surface area contributed by atoms with Crippen molar-refractivity contribution in [3.05, 3.63) is 23.8 Å². The lowest BCUT2D eigenvalue weighted by molar-refractivity contribution is 0.633. The minimum Gasteiger partial charge on any atom is -0.370 e. The summed E-state index contributed by atoms with van der Waals surface area (Å²) in [5, 5.41) is 0. The van der Waals surface area contributed by atoms with E-state index < -0.39 is 0 Å². The highest BCUT2D eigenvalue weighted by molar-refractivity contribution is 7.99. The fourth-order valence-electron chi connectivity index (χ4n) is 1.99. The van der Waals surface area contributed by atoms with E-state index in [0.717, 1.165) is 18.7 Å². The van der Waals surface area contributed by atoms with Crippen LogP contribution in [0.2, 0.25) is 0 Å². The minimum absolute atomic E-state index is 0.593. The second kappa shape index (κ2) is 4.45. The number of aryl methyl sites for hydroxylation is 1. The summed E-state index contributed by atoms with van der Waals surface area (Å²) in [6.45, 7) is 2.92. The number of hydrogen-bond donors (Lipinski definition) is 1. The molecule has 0 aliphatic carbocycles. The van der Waals surface area contributed by atoms with Crippen LogP contribution in [0.15, 0.2) is 23.1 Å². The first-order valence-electron chi connectivity index (χ1n) is 5.38. The third-order valence-corrected chi connectivity index (χ3v) is 4.16. The van der Waals surface area contributed by atoms with Gasteiger partial charge in [0.05, 0.1) is 5.69 Å². The first kappa shape index (κ1) is 10.8. The normalized spacial score (nSPS) is 20.2. The number of rotatable bonds is 2. The lowest BCUT2D eigenvalue weighted by atomic mass is 10.1. The van der Waals surface area contributed by atoms with Crippen molar-refractivity contribution in [1.29, 1.82) is 0 Å². The Bertz CT molecular complexity index is 351. The number of fused-ring (bicyclic) bond motifs is 1. The standard InChI is InChI=1S/C12H18N2S/c1-9-3-4-11-12(7-9)15-8-10(5-6-13)14(11)2/h3-4,7,10H,5-6,8,13H2,1-2H3. The van der Waals surface area contributed by atoms with E-state index in [2.05, 4.69) is 37.1 Å².